The molecule has 1 aromatic carbocycles. The second-order valence-corrected chi connectivity index (χ2v) is 5.79. The Balaban J connectivity index is 2.77. The second kappa shape index (κ2) is 6.52. The number of nitrogens with two attached hydrogens (primary N) is 1. The highest BCUT2D eigenvalue weighted by atomic mass is 79.9. The molecular formula is C12H16Br2N2O. The van der Waals surface area contributed by atoms with Gasteiger partial charge in [-0.05, 0) is 40.0 Å². The SMILES string of the molecule is CC[C@H](C)[C@H](N)C(=O)Nc1cc(Br)ccc1Br. The van der Waals surface area contributed by atoms with Crippen molar-refractivity contribution in [2.45, 2.75) is 26.3 Å². The number of hydrogen-bond donors (Lipinski definition) is 2. The van der Waals surface area contributed by atoms with Gasteiger partial charge in [-0.1, -0.05) is 36.2 Å². The van der Waals surface area contributed by atoms with Crippen LogP contribution in [0, 0.1) is 5.92 Å². The quantitative estimate of drug-likeness (QED) is 0.859. The van der Waals surface area contributed by atoms with Gasteiger partial charge in [0.25, 0.3) is 0 Å². The average molecular weight is 364 g/mol. The van der Waals surface area contributed by atoms with Crippen LogP contribution < -0.4 is 11.1 Å². The van der Waals surface area contributed by atoms with Crippen molar-refractivity contribution in [2.24, 2.45) is 11.7 Å². The van der Waals surface area contributed by atoms with Crippen molar-refractivity contribution in [3.05, 3.63) is 27.1 Å². The topological polar surface area (TPSA) is 55.1 Å². The van der Waals surface area contributed by atoms with Crippen molar-refractivity contribution in [2.75, 3.05) is 5.32 Å². The molecule has 0 spiro atoms. The molecule has 0 aromatic heterocycles. The summed E-state index contributed by atoms with van der Waals surface area (Å²) in [5, 5.41) is 2.83. The number of amides is 1. The fourth-order valence-corrected chi connectivity index (χ4v) is 2.03. The van der Waals surface area contributed by atoms with Crippen molar-refractivity contribution in [3.63, 3.8) is 0 Å². The van der Waals surface area contributed by atoms with E-state index in [0.29, 0.717) is 0 Å². The zero-order valence-electron chi connectivity index (χ0n) is 9.84. The van der Waals surface area contributed by atoms with Gasteiger partial charge in [-0.15, -0.1) is 0 Å². The molecule has 0 fully saturated rings. The molecule has 3 nitrogen and oxygen atoms in total. The van der Waals surface area contributed by atoms with Crippen molar-refractivity contribution >= 4 is 43.5 Å². The van der Waals surface area contributed by atoms with Crippen LogP contribution in [0.5, 0.6) is 0 Å². The Kier molecular flexibility index (Phi) is 5.62. The molecule has 1 amide bonds. The van der Waals surface area contributed by atoms with Crippen LogP contribution in [0.4, 0.5) is 5.69 Å². The first-order valence-electron chi connectivity index (χ1n) is 5.47. The summed E-state index contributed by atoms with van der Waals surface area (Å²) in [6, 6.07) is 5.12. The summed E-state index contributed by atoms with van der Waals surface area (Å²) in [7, 11) is 0. The molecule has 0 saturated heterocycles. The zero-order valence-corrected chi connectivity index (χ0v) is 13.0. The number of anilines is 1. The highest BCUT2D eigenvalue weighted by Gasteiger charge is 2.20. The highest BCUT2D eigenvalue weighted by Crippen LogP contribution is 2.26. The monoisotopic (exact) mass is 362 g/mol. The van der Waals surface area contributed by atoms with Crippen LogP contribution in [0.25, 0.3) is 0 Å². The van der Waals surface area contributed by atoms with Crippen molar-refractivity contribution in [3.8, 4) is 0 Å². The molecule has 5 heteroatoms. The second-order valence-electron chi connectivity index (χ2n) is 4.02. The number of rotatable bonds is 4. The van der Waals surface area contributed by atoms with Crippen LogP contribution in [0.3, 0.4) is 0 Å². The maximum atomic E-state index is 11.9. The Morgan fingerprint density at radius 2 is 2.12 bits per heavy atom. The standard InChI is InChI=1S/C12H16Br2N2O/c1-3-7(2)11(15)12(17)16-10-6-8(13)4-5-9(10)14/h4-7,11H,3,15H2,1-2H3,(H,16,17)/t7-,11-/m0/s1. The third-order valence-corrected chi connectivity index (χ3v) is 3.93. The van der Waals surface area contributed by atoms with E-state index in [1.165, 1.54) is 0 Å². The normalized spacial score (nSPS) is 14.2. The van der Waals surface area contributed by atoms with Gasteiger partial charge in [-0.25, -0.2) is 0 Å². The van der Waals surface area contributed by atoms with Crippen molar-refractivity contribution in [1.82, 2.24) is 0 Å². The van der Waals surface area contributed by atoms with Gasteiger partial charge >= 0.3 is 0 Å². The van der Waals surface area contributed by atoms with E-state index in [-0.39, 0.29) is 11.8 Å². The van der Waals surface area contributed by atoms with Gasteiger partial charge in [0.05, 0.1) is 11.7 Å². The van der Waals surface area contributed by atoms with E-state index in [4.69, 9.17) is 5.73 Å². The Morgan fingerprint density at radius 1 is 1.47 bits per heavy atom. The molecule has 0 aliphatic heterocycles. The summed E-state index contributed by atoms with van der Waals surface area (Å²) in [6.45, 7) is 3.99. The van der Waals surface area contributed by atoms with E-state index in [9.17, 15) is 4.79 Å². The van der Waals surface area contributed by atoms with Gasteiger partial charge in [0.1, 0.15) is 0 Å². The predicted molar refractivity (Wildman–Crippen MR) is 77.9 cm³/mol. The fraction of sp³-hybridized carbons (Fsp3) is 0.417. The predicted octanol–water partition coefficient (Wildman–Crippen LogP) is 3.52. The lowest BCUT2D eigenvalue weighted by Gasteiger charge is -2.18. The number of nitrogens with one attached hydrogen (secondary N) is 1. The van der Waals surface area contributed by atoms with E-state index in [0.717, 1.165) is 21.1 Å². The number of hydrogen-bond acceptors (Lipinski definition) is 2. The molecule has 17 heavy (non-hydrogen) atoms. The van der Waals surface area contributed by atoms with E-state index in [2.05, 4.69) is 37.2 Å². The molecule has 2 atom stereocenters. The third kappa shape index (κ3) is 4.08. The molecule has 0 bridgehead atoms. The average Bonchev–Trinajstić information content (AvgIpc) is 2.31. The van der Waals surface area contributed by atoms with Crippen molar-refractivity contribution in [1.29, 1.82) is 0 Å². The Labute approximate surface area is 118 Å². The lowest BCUT2D eigenvalue weighted by Crippen LogP contribution is -2.40. The first-order valence-corrected chi connectivity index (χ1v) is 7.05. The summed E-state index contributed by atoms with van der Waals surface area (Å²) >= 11 is 6.75. The van der Waals surface area contributed by atoms with Gasteiger partial charge in [0.2, 0.25) is 5.91 Å². The minimum absolute atomic E-state index is 0.154. The summed E-state index contributed by atoms with van der Waals surface area (Å²) in [5.74, 6) is 0.0130. The number of benzene rings is 1. The van der Waals surface area contributed by atoms with E-state index < -0.39 is 6.04 Å². The fourth-order valence-electron chi connectivity index (χ4n) is 1.32. The molecule has 0 saturated carbocycles. The molecule has 0 unspecified atom stereocenters. The number of carbonyl (C=O) groups is 1. The lowest BCUT2D eigenvalue weighted by molar-refractivity contribution is -0.118. The van der Waals surface area contributed by atoms with Crippen LogP contribution in [0.2, 0.25) is 0 Å². The van der Waals surface area contributed by atoms with E-state index in [1.807, 2.05) is 32.0 Å². The Hall–Kier alpha value is -0.390. The molecule has 0 aliphatic carbocycles. The molecule has 0 aliphatic rings. The van der Waals surface area contributed by atoms with Gasteiger partial charge < -0.3 is 11.1 Å². The molecule has 94 valence electrons. The van der Waals surface area contributed by atoms with Gasteiger partial charge in [-0.3, -0.25) is 4.79 Å². The molecular weight excluding hydrogens is 348 g/mol. The van der Waals surface area contributed by atoms with Crippen LogP contribution >= 0.6 is 31.9 Å². The molecule has 0 heterocycles. The minimum atomic E-state index is -0.481. The smallest absolute Gasteiger partial charge is 0.241 e. The van der Waals surface area contributed by atoms with Crippen LogP contribution in [-0.4, -0.2) is 11.9 Å². The zero-order chi connectivity index (χ0) is 13.0. The number of carbonyl (C=O) groups excluding carboxylic acids is 1. The first-order chi connectivity index (χ1) is 7.95. The van der Waals surface area contributed by atoms with Gasteiger partial charge in [-0.2, -0.15) is 0 Å². The van der Waals surface area contributed by atoms with Gasteiger partial charge in [0, 0.05) is 8.95 Å². The summed E-state index contributed by atoms with van der Waals surface area (Å²) < 4.78 is 1.75. The van der Waals surface area contributed by atoms with Crippen LogP contribution in [-0.2, 0) is 4.79 Å². The summed E-state index contributed by atoms with van der Waals surface area (Å²) in [6.07, 6.45) is 0.883. The molecule has 1 rings (SSSR count). The summed E-state index contributed by atoms with van der Waals surface area (Å²) in [4.78, 5) is 11.9. The highest BCUT2D eigenvalue weighted by molar-refractivity contribution is 9.11. The number of halogens is 2. The summed E-state index contributed by atoms with van der Waals surface area (Å²) in [5.41, 5.74) is 6.59. The Bertz CT molecular complexity index is 409. The third-order valence-electron chi connectivity index (χ3n) is 2.75. The van der Waals surface area contributed by atoms with Gasteiger partial charge in [0.15, 0.2) is 0 Å². The molecule has 3 N–H and O–H groups in total. The largest absolute Gasteiger partial charge is 0.324 e. The van der Waals surface area contributed by atoms with Crippen molar-refractivity contribution < 1.29 is 4.79 Å². The first kappa shape index (κ1) is 14.7. The molecule has 0 radical (unpaired) electrons. The van der Waals surface area contributed by atoms with Crippen LogP contribution in [0.1, 0.15) is 20.3 Å². The van der Waals surface area contributed by atoms with Crippen LogP contribution in [0.15, 0.2) is 27.1 Å². The minimum Gasteiger partial charge on any atom is -0.324 e. The maximum absolute atomic E-state index is 11.9. The maximum Gasteiger partial charge on any atom is 0.241 e. The lowest BCUT2D eigenvalue weighted by atomic mass is 9.99. The molecule has 1 aromatic rings. The van der Waals surface area contributed by atoms with E-state index >= 15 is 0 Å². The van der Waals surface area contributed by atoms with E-state index in [1.54, 1.807) is 0 Å². The Morgan fingerprint density at radius 3 is 2.71 bits per heavy atom.